The highest BCUT2D eigenvalue weighted by Crippen LogP contribution is 2.19. The van der Waals surface area contributed by atoms with E-state index < -0.39 is 17.7 Å². The Balaban J connectivity index is 2.06. The second-order valence-corrected chi connectivity index (χ2v) is 4.90. The van der Waals surface area contributed by atoms with E-state index in [1.807, 2.05) is 25.1 Å². The highest BCUT2D eigenvalue weighted by Gasteiger charge is 2.17. The number of hydrogen-bond donors (Lipinski definition) is 1. The van der Waals surface area contributed by atoms with Gasteiger partial charge in [0, 0.05) is 30.9 Å². The van der Waals surface area contributed by atoms with Crippen molar-refractivity contribution in [2.45, 2.75) is 19.5 Å². The molecule has 0 saturated carbocycles. The molecule has 0 spiro atoms. The van der Waals surface area contributed by atoms with Gasteiger partial charge in [-0.2, -0.15) is 0 Å². The van der Waals surface area contributed by atoms with Crippen LogP contribution >= 0.6 is 0 Å². The fraction of sp³-hybridized carbons (Fsp3) is 0.312. The molecule has 2 N–H and O–H groups in total. The van der Waals surface area contributed by atoms with Crippen LogP contribution in [-0.4, -0.2) is 23.0 Å². The molecule has 0 saturated heterocycles. The molecule has 0 fully saturated rings. The van der Waals surface area contributed by atoms with Crippen molar-refractivity contribution >= 4 is 0 Å². The summed E-state index contributed by atoms with van der Waals surface area (Å²) in [5.74, 6) is -1.73. The second-order valence-electron chi connectivity index (χ2n) is 4.90. The van der Waals surface area contributed by atoms with Crippen molar-refractivity contribution < 1.29 is 8.78 Å². The smallest absolute Gasteiger partial charge is 0.163 e. The molecule has 5 heteroatoms. The zero-order chi connectivity index (χ0) is 15.2. The van der Waals surface area contributed by atoms with Crippen molar-refractivity contribution in [3.63, 3.8) is 0 Å². The Morgan fingerprint density at radius 1 is 1.19 bits per heavy atom. The van der Waals surface area contributed by atoms with Gasteiger partial charge < -0.3 is 5.73 Å². The van der Waals surface area contributed by atoms with Gasteiger partial charge in [0.05, 0.1) is 5.69 Å². The summed E-state index contributed by atoms with van der Waals surface area (Å²) >= 11 is 0. The molecule has 0 aliphatic carbocycles. The lowest BCUT2D eigenvalue weighted by Gasteiger charge is -2.24. The van der Waals surface area contributed by atoms with Gasteiger partial charge >= 0.3 is 0 Å². The summed E-state index contributed by atoms with van der Waals surface area (Å²) in [7, 11) is 0. The van der Waals surface area contributed by atoms with Gasteiger partial charge in [0.15, 0.2) is 11.6 Å². The fourth-order valence-corrected chi connectivity index (χ4v) is 2.21. The minimum atomic E-state index is -0.865. The van der Waals surface area contributed by atoms with Crippen LogP contribution in [0.2, 0.25) is 0 Å². The van der Waals surface area contributed by atoms with Gasteiger partial charge in [-0.25, -0.2) is 8.78 Å². The van der Waals surface area contributed by atoms with E-state index in [9.17, 15) is 8.78 Å². The molecule has 3 nitrogen and oxygen atoms in total. The van der Waals surface area contributed by atoms with Crippen molar-refractivity contribution in [2.24, 2.45) is 5.73 Å². The van der Waals surface area contributed by atoms with Gasteiger partial charge in [0.2, 0.25) is 0 Å². The maximum Gasteiger partial charge on any atom is 0.163 e. The van der Waals surface area contributed by atoms with E-state index in [1.54, 1.807) is 6.20 Å². The zero-order valence-electron chi connectivity index (χ0n) is 12.0. The molecule has 0 bridgehead atoms. The van der Waals surface area contributed by atoms with Crippen LogP contribution in [0.4, 0.5) is 8.78 Å². The molecule has 1 aromatic heterocycles. The third kappa shape index (κ3) is 4.06. The Labute approximate surface area is 123 Å². The molecule has 21 heavy (non-hydrogen) atoms. The van der Waals surface area contributed by atoms with Crippen molar-refractivity contribution in [3.8, 4) is 0 Å². The lowest BCUT2D eigenvalue weighted by atomic mass is 10.1. The van der Waals surface area contributed by atoms with Gasteiger partial charge in [-0.3, -0.25) is 9.88 Å². The van der Waals surface area contributed by atoms with Gasteiger partial charge in [0.25, 0.3) is 0 Å². The van der Waals surface area contributed by atoms with E-state index in [4.69, 9.17) is 5.73 Å². The summed E-state index contributed by atoms with van der Waals surface area (Å²) < 4.78 is 27.0. The Kier molecular flexibility index (Phi) is 5.36. The van der Waals surface area contributed by atoms with Gasteiger partial charge in [-0.05, 0) is 24.7 Å². The molecule has 112 valence electrons. The molecule has 0 radical (unpaired) electrons. The summed E-state index contributed by atoms with van der Waals surface area (Å²) in [5, 5.41) is 0. The number of rotatable bonds is 6. The Morgan fingerprint density at radius 3 is 2.67 bits per heavy atom. The first-order valence-electron chi connectivity index (χ1n) is 6.93. The zero-order valence-corrected chi connectivity index (χ0v) is 12.0. The third-order valence-electron chi connectivity index (χ3n) is 3.39. The van der Waals surface area contributed by atoms with E-state index >= 15 is 0 Å². The number of pyridine rings is 1. The summed E-state index contributed by atoms with van der Waals surface area (Å²) in [5.41, 5.74) is 7.15. The highest BCUT2D eigenvalue weighted by molar-refractivity contribution is 5.22. The van der Waals surface area contributed by atoms with Crippen molar-refractivity contribution in [1.29, 1.82) is 0 Å². The molecule has 1 heterocycles. The number of nitrogens with zero attached hydrogens (tertiary/aromatic N) is 2. The first-order valence-corrected chi connectivity index (χ1v) is 6.93. The Morgan fingerprint density at radius 2 is 2.00 bits per heavy atom. The van der Waals surface area contributed by atoms with Crippen LogP contribution in [0.3, 0.4) is 0 Å². The molecule has 2 rings (SSSR count). The first-order chi connectivity index (χ1) is 10.1. The fourth-order valence-electron chi connectivity index (χ4n) is 2.21. The highest BCUT2D eigenvalue weighted by atomic mass is 19.2. The number of hydrogen-bond acceptors (Lipinski definition) is 3. The number of nitrogens with two attached hydrogens (primary N) is 1. The quantitative estimate of drug-likeness (QED) is 0.890. The van der Waals surface area contributed by atoms with E-state index in [-0.39, 0.29) is 5.56 Å². The number of likely N-dealkylation sites (N-methyl/N-ethyl adjacent to an activating group) is 1. The first kappa shape index (κ1) is 15.5. The van der Waals surface area contributed by atoms with E-state index in [0.29, 0.717) is 13.1 Å². The average Bonchev–Trinajstić information content (AvgIpc) is 2.50. The lowest BCUT2D eigenvalue weighted by Crippen LogP contribution is -2.32. The summed E-state index contributed by atoms with van der Waals surface area (Å²) in [4.78, 5) is 6.31. The molecule has 1 aromatic carbocycles. The average molecular weight is 291 g/mol. The summed E-state index contributed by atoms with van der Waals surface area (Å²) in [6.45, 7) is 3.81. The van der Waals surface area contributed by atoms with Gasteiger partial charge in [0.1, 0.15) is 0 Å². The predicted octanol–water partition coefficient (Wildman–Crippen LogP) is 2.88. The largest absolute Gasteiger partial charge is 0.323 e. The SMILES string of the molecule is CCN(Cc1ccccn1)CC(N)c1cccc(F)c1F. The maximum atomic E-state index is 13.7. The van der Waals surface area contributed by atoms with Crippen LogP contribution in [0.25, 0.3) is 0 Å². The lowest BCUT2D eigenvalue weighted by molar-refractivity contribution is 0.257. The summed E-state index contributed by atoms with van der Waals surface area (Å²) in [6, 6.07) is 9.22. The number of halogens is 2. The summed E-state index contributed by atoms with van der Waals surface area (Å²) in [6.07, 6.45) is 1.73. The third-order valence-corrected chi connectivity index (χ3v) is 3.39. The van der Waals surface area contributed by atoms with E-state index in [2.05, 4.69) is 9.88 Å². The van der Waals surface area contributed by atoms with Crippen LogP contribution in [0.1, 0.15) is 24.2 Å². The Bertz CT molecular complexity index is 575. The van der Waals surface area contributed by atoms with Crippen molar-refractivity contribution in [2.75, 3.05) is 13.1 Å². The standard InChI is InChI=1S/C16H19F2N3/c1-2-21(10-12-6-3-4-9-20-12)11-15(19)13-7-5-8-14(17)16(13)18/h3-9,15H,2,10-11,19H2,1H3. The van der Waals surface area contributed by atoms with E-state index in [0.717, 1.165) is 18.3 Å². The molecule has 1 atom stereocenters. The normalized spacial score (nSPS) is 12.6. The molecule has 0 amide bonds. The topological polar surface area (TPSA) is 42.2 Å². The number of benzene rings is 1. The molecule has 0 aliphatic rings. The van der Waals surface area contributed by atoms with Crippen LogP contribution in [0.5, 0.6) is 0 Å². The molecule has 1 unspecified atom stereocenters. The molecular weight excluding hydrogens is 272 g/mol. The number of aromatic nitrogens is 1. The van der Waals surface area contributed by atoms with Crippen LogP contribution < -0.4 is 5.73 Å². The van der Waals surface area contributed by atoms with Crippen molar-refractivity contribution in [3.05, 3.63) is 65.5 Å². The predicted molar refractivity (Wildman–Crippen MR) is 78.5 cm³/mol. The van der Waals surface area contributed by atoms with Crippen LogP contribution in [0.15, 0.2) is 42.6 Å². The van der Waals surface area contributed by atoms with Crippen LogP contribution in [-0.2, 0) is 6.54 Å². The van der Waals surface area contributed by atoms with Crippen molar-refractivity contribution in [1.82, 2.24) is 9.88 Å². The monoisotopic (exact) mass is 291 g/mol. The maximum absolute atomic E-state index is 13.7. The van der Waals surface area contributed by atoms with E-state index in [1.165, 1.54) is 12.1 Å². The molecule has 2 aromatic rings. The minimum absolute atomic E-state index is 0.203. The molecular formula is C16H19F2N3. The second kappa shape index (κ2) is 7.24. The Hall–Kier alpha value is -1.85. The molecule has 0 aliphatic heterocycles. The minimum Gasteiger partial charge on any atom is -0.323 e. The van der Waals surface area contributed by atoms with Gasteiger partial charge in [-0.1, -0.05) is 25.1 Å². The van der Waals surface area contributed by atoms with Gasteiger partial charge in [-0.15, -0.1) is 0 Å². The van der Waals surface area contributed by atoms with Crippen LogP contribution in [0, 0.1) is 11.6 Å².